The maximum atomic E-state index is 15.5. The van der Waals surface area contributed by atoms with Crippen LogP contribution in [0.3, 0.4) is 0 Å². The third-order valence-corrected chi connectivity index (χ3v) is 10.6. The number of benzene rings is 2. The molecule has 4 aromatic rings. The van der Waals surface area contributed by atoms with E-state index in [1.165, 1.54) is 41.2 Å². The van der Waals surface area contributed by atoms with Gasteiger partial charge in [0, 0.05) is 24.1 Å². The number of nitrogen functional groups attached to an aromatic ring is 1. The monoisotopic (exact) mass is 692 g/mol. The molecule has 2 aliphatic heterocycles. The molecule has 11 nitrogen and oxygen atoms in total. The van der Waals surface area contributed by atoms with Gasteiger partial charge in [-0.05, 0) is 67.7 Å². The van der Waals surface area contributed by atoms with Gasteiger partial charge in [0.1, 0.15) is 17.4 Å². The highest BCUT2D eigenvalue weighted by Gasteiger charge is 2.48. The molecule has 4 N–H and O–H groups in total. The first-order valence-electron chi connectivity index (χ1n) is 15.9. The van der Waals surface area contributed by atoms with Crippen molar-refractivity contribution >= 4 is 44.1 Å². The number of ether oxygens (including phenoxy) is 2. The van der Waals surface area contributed by atoms with Gasteiger partial charge in [-0.2, -0.15) is 18.2 Å². The quantitative estimate of drug-likeness (QED) is 0.104. The Kier molecular flexibility index (Phi) is 9.22. The predicted molar refractivity (Wildman–Crippen MR) is 184 cm³/mol. The standard InChI is InChI=1S/C35H38F2N6O5S/c1-5-21(2)14-30(22(3)15-23(4)48-32-9-7-6-8-26(32)36)43-34(38)25(19-39-43)33(44)29-17-24-16-27(37)31(18-28(24)40-29)42-20-35(41-49(42,45)46)10-12-47-13-11-35/h6-9,14-19,21,40-41H,4-5,10-13,20,38H2,1-3H3/b22-15-,30-14+. The first-order valence-corrected chi connectivity index (χ1v) is 17.4. The molecule has 0 amide bonds. The summed E-state index contributed by atoms with van der Waals surface area (Å²) in [4.78, 5) is 16.8. The number of nitrogens with zero attached hydrogens (tertiary/aromatic N) is 3. The molecule has 0 aliphatic carbocycles. The van der Waals surface area contributed by atoms with E-state index in [4.69, 9.17) is 15.2 Å². The van der Waals surface area contributed by atoms with E-state index in [-0.39, 0.29) is 46.7 Å². The van der Waals surface area contributed by atoms with Gasteiger partial charge in [-0.15, -0.1) is 0 Å². The largest absolute Gasteiger partial charge is 0.455 e. The van der Waals surface area contributed by atoms with Crippen LogP contribution >= 0.6 is 0 Å². The van der Waals surface area contributed by atoms with Crippen molar-refractivity contribution in [1.29, 1.82) is 0 Å². The molecular formula is C35H38F2N6O5S. The fourth-order valence-corrected chi connectivity index (χ4v) is 7.79. The number of fused-ring (bicyclic) bond motifs is 1. The van der Waals surface area contributed by atoms with Gasteiger partial charge in [-0.3, -0.25) is 9.10 Å². The van der Waals surface area contributed by atoms with Crippen molar-refractivity contribution in [3.8, 4) is 5.75 Å². The number of hydrogen-bond acceptors (Lipinski definition) is 7. The molecule has 1 spiro atoms. The van der Waals surface area contributed by atoms with Gasteiger partial charge in [0.2, 0.25) is 5.78 Å². The Morgan fingerprint density at radius 1 is 1.20 bits per heavy atom. The number of aromatic amines is 1. The summed E-state index contributed by atoms with van der Waals surface area (Å²) in [6.45, 7) is 10.6. The van der Waals surface area contributed by atoms with E-state index in [1.54, 1.807) is 25.1 Å². The van der Waals surface area contributed by atoms with Crippen LogP contribution in [-0.2, 0) is 14.9 Å². The van der Waals surface area contributed by atoms with E-state index >= 15 is 4.39 Å². The van der Waals surface area contributed by atoms with Crippen molar-refractivity contribution in [3.05, 3.63) is 102 Å². The van der Waals surface area contributed by atoms with Gasteiger partial charge in [0.15, 0.2) is 11.6 Å². The lowest BCUT2D eigenvalue weighted by atomic mass is 9.91. The number of anilines is 2. The summed E-state index contributed by atoms with van der Waals surface area (Å²) in [5.41, 5.74) is 7.50. The summed E-state index contributed by atoms with van der Waals surface area (Å²) in [6.07, 6.45) is 6.71. The first-order chi connectivity index (χ1) is 23.3. The Hall–Kier alpha value is -4.79. The Morgan fingerprint density at radius 3 is 2.65 bits per heavy atom. The predicted octanol–water partition coefficient (Wildman–Crippen LogP) is 6.09. The molecule has 1 unspecified atom stereocenters. The van der Waals surface area contributed by atoms with E-state index in [0.29, 0.717) is 48.2 Å². The van der Waals surface area contributed by atoms with Crippen molar-refractivity contribution in [3.63, 3.8) is 0 Å². The molecule has 0 bridgehead atoms. The number of nitrogens with one attached hydrogen (secondary N) is 2. The zero-order valence-corrected chi connectivity index (χ0v) is 28.2. The number of ketones is 1. The molecule has 2 aromatic carbocycles. The number of aromatic nitrogens is 3. The molecular weight excluding hydrogens is 654 g/mol. The van der Waals surface area contributed by atoms with Crippen LogP contribution in [0.5, 0.6) is 5.75 Å². The van der Waals surface area contributed by atoms with E-state index < -0.39 is 33.2 Å². The van der Waals surface area contributed by atoms with Crippen molar-refractivity contribution < 1.29 is 31.5 Å². The molecule has 6 rings (SSSR count). The van der Waals surface area contributed by atoms with Crippen molar-refractivity contribution in [2.45, 2.75) is 45.6 Å². The lowest BCUT2D eigenvalue weighted by molar-refractivity contribution is 0.0537. The zero-order valence-electron chi connectivity index (χ0n) is 27.4. The fourth-order valence-electron chi connectivity index (χ4n) is 6.05. The Morgan fingerprint density at radius 2 is 1.94 bits per heavy atom. The van der Waals surface area contributed by atoms with Crippen LogP contribution in [0.1, 0.15) is 56.1 Å². The number of H-pyrrole nitrogens is 1. The Balaban J connectivity index is 1.29. The Labute approximate surface area is 283 Å². The second-order valence-corrected chi connectivity index (χ2v) is 14.1. The van der Waals surface area contributed by atoms with E-state index in [0.717, 1.165) is 10.7 Å². The second kappa shape index (κ2) is 13.3. The molecule has 14 heteroatoms. The number of para-hydroxylation sites is 1. The minimum absolute atomic E-state index is 0.0304. The normalized spacial score (nSPS) is 18.3. The first kappa shape index (κ1) is 34.1. The van der Waals surface area contributed by atoms with E-state index in [1.807, 2.05) is 19.9 Å². The number of rotatable bonds is 10. The van der Waals surface area contributed by atoms with Crippen molar-refractivity contribution in [1.82, 2.24) is 19.5 Å². The third kappa shape index (κ3) is 6.76. The van der Waals surface area contributed by atoms with Crippen LogP contribution in [0.2, 0.25) is 0 Å². The number of carbonyl (C=O) groups excluding carboxylic acids is 1. The molecule has 49 heavy (non-hydrogen) atoms. The number of hydrogen-bond donors (Lipinski definition) is 3. The summed E-state index contributed by atoms with van der Waals surface area (Å²) < 4.78 is 72.0. The maximum Gasteiger partial charge on any atom is 0.302 e. The zero-order chi connectivity index (χ0) is 35.1. The van der Waals surface area contributed by atoms with Gasteiger partial charge in [-0.1, -0.05) is 45.1 Å². The van der Waals surface area contributed by atoms with Crippen LogP contribution in [0.4, 0.5) is 20.3 Å². The summed E-state index contributed by atoms with van der Waals surface area (Å²) in [6, 6.07) is 10.1. The van der Waals surface area contributed by atoms with Gasteiger partial charge >= 0.3 is 10.2 Å². The number of carbonyl (C=O) groups is 1. The van der Waals surface area contributed by atoms with Crippen molar-refractivity contribution in [2.75, 3.05) is 29.8 Å². The highest BCUT2D eigenvalue weighted by Crippen LogP contribution is 2.36. The number of nitrogens with two attached hydrogens (primary N) is 1. The van der Waals surface area contributed by atoms with E-state index in [9.17, 15) is 17.6 Å². The van der Waals surface area contributed by atoms with Crippen LogP contribution in [0.15, 0.2) is 78.7 Å². The molecule has 2 aromatic heterocycles. The van der Waals surface area contributed by atoms with Crippen LogP contribution in [0.25, 0.3) is 16.6 Å². The number of halogens is 2. The molecule has 2 fully saturated rings. The summed E-state index contributed by atoms with van der Waals surface area (Å²) in [7, 11) is -4.01. The molecule has 0 radical (unpaired) electrons. The lowest BCUT2D eigenvalue weighted by Gasteiger charge is -2.31. The average molecular weight is 693 g/mol. The van der Waals surface area contributed by atoms with Crippen LogP contribution in [-0.4, -0.2) is 54.3 Å². The second-order valence-electron chi connectivity index (χ2n) is 12.5. The SMILES string of the molecule is C=C(/C=C(C)\C(=C/C(C)CC)n1ncc(C(=O)c2cc3cc(F)c(N4CC5(CCOCC5)NS4(=O)=O)cc3[nH]2)c1N)Oc1ccccc1F. The summed E-state index contributed by atoms with van der Waals surface area (Å²) >= 11 is 0. The summed E-state index contributed by atoms with van der Waals surface area (Å²) in [5.74, 6) is -1.37. The lowest BCUT2D eigenvalue weighted by Crippen LogP contribution is -2.47. The molecule has 2 saturated heterocycles. The molecule has 4 heterocycles. The topological polar surface area (TPSA) is 145 Å². The summed E-state index contributed by atoms with van der Waals surface area (Å²) in [5, 5.41) is 4.82. The molecule has 1 atom stereocenters. The smallest absolute Gasteiger partial charge is 0.302 e. The fraction of sp³-hybridized carbons (Fsp3) is 0.314. The highest BCUT2D eigenvalue weighted by molar-refractivity contribution is 7.91. The van der Waals surface area contributed by atoms with Crippen LogP contribution in [0, 0.1) is 17.6 Å². The van der Waals surface area contributed by atoms with E-state index in [2.05, 4.69) is 21.4 Å². The van der Waals surface area contributed by atoms with Gasteiger partial charge in [0.05, 0.1) is 40.9 Å². The molecule has 2 aliphatic rings. The maximum absolute atomic E-state index is 15.5. The molecule has 258 valence electrons. The minimum atomic E-state index is -4.01. The Bertz CT molecular complexity index is 2110. The number of allylic oxidation sites excluding steroid dienone is 4. The van der Waals surface area contributed by atoms with Gasteiger partial charge in [-0.25, -0.2) is 13.5 Å². The van der Waals surface area contributed by atoms with Crippen molar-refractivity contribution in [2.24, 2.45) is 5.92 Å². The average Bonchev–Trinajstić information content (AvgIpc) is 3.72. The third-order valence-electron chi connectivity index (χ3n) is 8.96. The van der Waals surface area contributed by atoms with Crippen LogP contribution < -0.4 is 19.5 Å². The highest BCUT2D eigenvalue weighted by atomic mass is 32.2. The molecule has 0 saturated carbocycles. The van der Waals surface area contributed by atoms with Gasteiger partial charge in [0.25, 0.3) is 0 Å². The van der Waals surface area contributed by atoms with Gasteiger partial charge < -0.3 is 20.2 Å². The minimum Gasteiger partial charge on any atom is -0.455 e.